The Morgan fingerprint density at radius 2 is 1.77 bits per heavy atom. The highest BCUT2D eigenvalue weighted by molar-refractivity contribution is 5.92. The minimum absolute atomic E-state index is 0.00283. The zero-order valence-corrected chi connectivity index (χ0v) is 21.0. The number of nitrogens with one attached hydrogen (secondary N) is 1. The lowest BCUT2D eigenvalue weighted by Gasteiger charge is -2.10. The molecule has 12 nitrogen and oxygen atoms in total. The molecule has 4 aromatic rings. The second-order valence-electron chi connectivity index (χ2n) is 8.37. The number of furan rings is 1. The second kappa shape index (κ2) is 11.8. The molecule has 12 heteroatoms. The lowest BCUT2D eigenvalue weighted by atomic mass is 10.2. The number of nitro groups is 1. The van der Waals surface area contributed by atoms with Gasteiger partial charge in [0, 0.05) is 28.7 Å². The summed E-state index contributed by atoms with van der Waals surface area (Å²) in [6.45, 7) is 3.47. The third kappa shape index (κ3) is 6.68. The Morgan fingerprint density at radius 1 is 1.05 bits per heavy atom. The zero-order valence-electron chi connectivity index (χ0n) is 21.0. The van der Waals surface area contributed by atoms with E-state index in [-0.39, 0.29) is 23.7 Å². The highest BCUT2D eigenvalue weighted by Crippen LogP contribution is 2.27. The van der Waals surface area contributed by atoms with Gasteiger partial charge in [0.2, 0.25) is 0 Å². The van der Waals surface area contributed by atoms with Crippen LogP contribution in [-0.2, 0) is 11.4 Å². The SMILES string of the molecule is Cc1ccc(C)n1-c1ccc(OCc2ccc(C(=O)N/N=C/c3ccc(OCC(=O)O)c([N+](=O)[O-])c3)o2)cc1. The number of hydrazone groups is 1. The van der Waals surface area contributed by atoms with Crippen LogP contribution in [-0.4, -0.2) is 39.3 Å². The van der Waals surface area contributed by atoms with Crippen LogP contribution in [0.15, 0.2) is 76.2 Å². The number of hydrogen-bond donors (Lipinski definition) is 2. The van der Waals surface area contributed by atoms with Crippen LogP contribution in [0.5, 0.6) is 11.5 Å². The van der Waals surface area contributed by atoms with Gasteiger partial charge in [-0.25, -0.2) is 10.2 Å². The Balaban J connectivity index is 1.31. The lowest BCUT2D eigenvalue weighted by Crippen LogP contribution is -2.16. The van der Waals surface area contributed by atoms with Gasteiger partial charge < -0.3 is 23.6 Å². The molecule has 0 saturated carbocycles. The average molecular weight is 533 g/mol. The van der Waals surface area contributed by atoms with E-state index in [1.807, 2.05) is 38.1 Å². The van der Waals surface area contributed by atoms with Crippen LogP contribution in [0, 0.1) is 24.0 Å². The summed E-state index contributed by atoms with van der Waals surface area (Å²) in [7, 11) is 0. The van der Waals surface area contributed by atoms with E-state index in [1.54, 1.807) is 6.07 Å². The van der Waals surface area contributed by atoms with Crippen molar-refractivity contribution >= 4 is 23.8 Å². The Hall–Kier alpha value is -5.39. The van der Waals surface area contributed by atoms with Gasteiger partial charge in [-0.05, 0) is 74.5 Å². The molecule has 0 unspecified atom stereocenters. The third-order valence-corrected chi connectivity index (χ3v) is 5.54. The van der Waals surface area contributed by atoms with Crippen LogP contribution < -0.4 is 14.9 Å². The number of aliphatic carboxylic acids is 1. The van der Waals surface area contributed by atoms with Crippen molar-refractivity contribution in [3.8, 4) is 17.2 Å². The summed E-state index contributed by atoms with van der Waals surface area (Å²) in [5.74, 6) is -1.02. The number of hydrogen-bond acceptors (Lipinski definition) is 8. The van der Waals surface area contributed by atoms with Gasteiger partial charge in [0.1, 0.15) is 18.1 Å². The first-order valence-corrected chi connectivity index (χ1v) is 11.6. The summed E-state index contributed by atoms with van der Waals surface area (Å²) in [5.41, 5.74) is 5.42. The molecule has 4 rings (SSSR count). The molecule has 2 heterocycles. The number of amides is 1. The highest BCUT2D eigenvalue weighted by atomic mass is 16.6. The Bertz CT molecular complexity index is 1520. The number of ether oxygens (including phenoxy) is 2. The van der Waals surface area contributed by atoms with Gasteiger partial charge >= 0.3 is 17.6 Å². The van der Waals surface area contributed by atoms with Crippen LogP contribution in [0.4, 0.5) is 5.69 Å². The average Bonchev–Trinajstić information content (AvgIpc) is 3.53. The molecule has 2 aromatic carbocycles. The van der Waals surface area contributed by atoms with Crippen molar-refractivity contribution in [2.75, 3.05) is 6.61 Å². The topological polar surface area (TPSA) is 158 Å². The van der Waals surface area contributed by atoms with Crippen molar-refractivity contribution in [2.45, 2.75) is 20.5 Å². The molecule has 0 saturated heterocycles. The lowest BCUT2D eigenvalue weighted by molar-refractivity contribution is -0.385. The van der Waals surface area contributed by atoms with E-state index < -0.39 is 29.1 Å². The van der Waals surface area contributed by atoms with Crippen LogP contribution in [0.1, 0.15) is 33.3 Å². The number of rotatable bonds is 11. The Morgan fingerprint density at radius 3 is 2.44 bits per heavy atom. The van der Waals surface area contributed by atoms with Gasteiger partial charge in [0.25, 0.3) is 0 Å². The first kappa shape index (κ1) is 26.7. The number of benzene rings is 2. The number of carbonyl (C=O) groups excluding carboxylic acids is 1. The van der Waals surface area contributed by atoms with E-state index in [1.165, 1.54) is 24.4 Å². The van der Waals surface area contributed by atoms with Gasteiger partial charge in [-0.1, -0.05) is 0 Å². The maximum absolute atomic E-state index is 12.4. The molecule has 200 valence electrons. The fourth-order valence-corrected chi connectivity index (χ4v) is 3.74. The molecule has 0 spiro atoms. The van der Waals surface area contributed by atoms with Crippen molar-refractivity contribution in [1.29, 1.82) is 0 Å². The third-order valence-electron chi connectivity index (χ3n) is 5.54. The maximum atomic E-state index is 12.4. The van der Waals surface area contributed by atoms with Crippen molar-refractivity contribution in [2.24, 2.45) is 5.10 Å². The van der Waals surface area contributed by atoms with Gasteiger partial charge in [-0.2, -0.15) is 5.10 Å². The van der Waals surface area contributed by atoms with Crippen molar-refractivity contribution < 1.29 is 33.5 Å². The number of aryl methyl sites for hydroxylation is 2. The molecule has 0 radical (unpaired) electrons. The number of carbonyl (C=O) groups is 2. The van der Waals surface area contributed by atoms with E-state index in [9.17, 15) is 19.7 Å². The summed E-state index contributed by atoms with van der Waals surface area (Å²) in [4.78, 5) is 33.6. The van der Waals surface area contributed by atoms with Crippen LogP contribution >= 0.6 is 0 Å². The van der Waals surface area contributed by atoms with Crippen LogP contribution in [0.25, 0.3) is 5.69 Å². The fourth-order valence-electron chi connectivity index (χ4n) is 3.74. The molecule has 0 aliphatic carbocycles. The Kier molecular flexibility index (Phi) is 8.05. The van der Waals surface area contributed by atoms with Gasteiger partial charge in [-0.15, -0.1) is 0 Å². The minimum atomic E-state index is -1.27. The Labute approximate surface area is 222 Å². The molecule has 2 N–H and O–H groups in total. The quantitative estimate of drug-likeness (QED) is 0.163. The molecular weight excluding hydrogens is 508 g/mol. The molecule has 0 aliphatic rings. The fraction of sp³-hybridized carbons (Fsp3) is 0.148. The van der Waals surface area contributed by atoms with E-state index in [0.29, 0.717) is 11.5 Å². The summed E-state index contributed by atoms with van der Waals surface area (Å²) < 4.78 is 18.3. The molecule has 1 amide bonds. The zero-order chi connectivity index (χ0) is 27.9. The molecule has 39 heavy (non-hydrogen) atoms. The molecule has 0 fully saturated rings. The highest BCUT2D eigenvalue weighted by Gasteiger charge is 2.17. The maximum Gasteiger partial charge on any atom is 0.341 e. The van der Waals surface area contributed by atoms with Gasteiger partial charge in [0.05, 0.1) is 11.1 Å². The second-order valence-corrected chi connectivity index (χ2v) is 8.37. The van der Waals surface area contributed by atoms with Crippen molar-refractivity contribution in [3.63, 3.8) is 0 Å². The predicted molar refractivity (Wildman–Crippen MR) is 140 cm³/mol. The van der Waals surface area contributed by atoms with E-state index in [0.717, 1.165) is 23.1 Å². The number of aromatic nitrogens is 1. The summed E-state index contributed by atoms with van der Waals surface area (Å²) in [5, 5.41) is 23.7. The first-order valence-electron chi connectivity index (χ1n) is 11.6. The molecule has 2 aromatic heterocycles. The number of carboxylic acid groups (broad SMARTS) is 1. The van der Waals surface area contributed by atoms with E-state index >= 15 is 0 Å². The first-order chi connectivity index (χ1) is 18.7. The molecular formula is C27H24N4O8. The molecule has 0 bridgehead atoms. The largest absolute Gasteiger partial charge is 0.486 e. The van der Waals surface area contributed by atoms with Gasteiger partial charge in [-0.3, -0.25) is 14.9 Å². The molecule has 0 atom stereocenters. The summed E-state index contributed by atoms with van der Waals surface area (Å²) >= 11 is 0. The van der Waals surface area contributed by atoms with Crippen molar-refractivity contribution in [3.05, 3.63) is 105 Å². The summed E-state index contributed by atoms with van der Waals surface area (Å²) in [6.07, 6.45) is 1.19. The van der Waals surface area contributed by atoms with E-state index in [4.69, 9.17) is 19.0 Å². The number of nitrogens with zero attached hydrogens (tertiary/aromatic N) is 3. The predicted octanol–water partition coefficient (Wildman–Crippen LogP) is 4.40. The molecule has 0 aliphatic heterocycles. The van der Waals surface area contributed by atoms with Crippen LogP contribution in [0.3, 0.4) is 0 Å². The summed E-state index contributed by atoms with van der Waals surface area (Å²) in [6, 6.07) is 18.6. The number of carboxylic acids is 1. The monoisotopic (exact) mass is 532 g/mol. The smallest absolute Gasteiger partial charge is 0.341 e. The van der Waals surface area contributed by atoms with Crippen molar-refractivity contribution in [1.82, 2.24) is 9.99 Å². The minimum Gasteiger partial charge on any atom is -0.486 e. The van der Waals surface area contributed by atoms with Gasteiger partial charge in [0.15, 0.2) is 18.1 Å². The van der Waals surface area contributed by atoms with E-state index in [2.05, 4.69) is 27.2 Å². The normalized spacial score (nSPS) is 10.9. The standard InChI is InChI=1S/C27H24N4O8/c1-17-3-4-18(2)30(17)20-6-8-21(9-7-20)37-15-22-10-12-25(39-22)27(34)29-28-14-19-5-11-24(38-16-26(32)33)23(13-19)31(35)36/h3-14H,15-16H2,1-2H3,(H,29,34)(H,32,33)/b28-14+. The number of nitro benzene ring substituents is 1. The van der Waals surface area contributed by atoms with Crippen LogP contribution in [0.2, 0.25) is 0 Å².